The third-order valence-electron chi connectivity index (χ3n) is 2.98. The first-order valence-corrected chi connectivity index (χ1v) is 7.27. The van der Waals surface area contributed by atoms with E-state index in [0.29, 0.717) is 6.61 Å². The van der Waals surface area contributed by atoms with Gasteiger partial charge in [-0.3, -0.25) is 0 Å². The Balaban J connectivity index is 2.09. The van der Waals surface area contributed by atoms with Gasteiger partial charge in [0.2, 0.25) is 0 Å². The van der Waals surface area contributed by atoms with Gasteiger partial charge in [0.05, 0.1) is 7.11 Å². The predicted molar refractivity (Wildman–Crippen MR) is 81.1 cm³/mol. The van der Waals surface area contributed by atoms with Crippen LogP contribution in [-0.2, 0) is 11.9 Å². The van der Waals surface area contributed by atoms with Gasteiger partial charge in [-0.2, -0.15) is 0 Å². The number of ether oxygens (including phenoxy) is 2. The van der Waals surface area contributed by atoms with E-state index in [1.807, 2.05) is 30.3 Å². The van der Waals surface area contributed by atoms with Crippen molar-refractivity contribution in [1.82, 2.24) is 0 Å². The lowest BCUT2D eigenvalue weighted by atomic mass is 10.1. The van der Waals surface area contributed by atoms with Crippen LogP contribution in [0.4, 0.5) is 0 Å². The van der Waals surface area contributed by atoms with Gasteiger partial charge in [-0.15, -0.1) is 0 Å². The fraction of sp³-hybridized carbons (Fsp3) is 0.250. The fourth-order valence-electron chi connectivity index (χ4n) is 1.90. The molecule has 0 bridgehead atoms. The van der Waals surface area contributed by atoms with Gasteiger partial charge >= 0.3 is 0 Å². The summed E-state index contributed by atoms with van der Waals surface area (Å²) in [6, 6.07) is 14.1. The first-order chi connectivity index (χ1) is 9.24. The molecule has 2 rings (SSSR count). The molecule has 0 atom stereocenters. The van der Waals surface area contributed by atoms with Crippen LogP contribution in [0.15, 0.2) is 42.5 Å². The van der Waals surface area contributed by atoms with Crippen molar-refractivity contribution in [2.75, 3.05) is 7.11 Å². The van der Waals surface area contributed by atoms with E-state index >= 15 is 0 Å². The first kappa shape index (κ1) is 13.9. The molecule has 0 N–H and O–H groups in total. The largest absolute Gasteiger partial charge is 0.497 e. The van der Waals surface area contributed by atoms with Crippen molar-refractivity contribution in [3.05, 3.63) is 59.2 Å². The topological polar surface area (TPSA) is 18.5 Å². The molecule has 0 unspecified atom stereocenters. The van der Waals surface area contributed by atoms with Crippen LogP contribution < -0.4 is 9.47 Å². The number of para-hydroxylation sites is 1. The molecule has 0 aliphatic carbocycles. The Morgan fingerprint density at radius 1 is 1.05 bits per heavy atom. The number of aryl methyl sites for hydroxylation is 1. The second-order valence-corrected chi connectivity index (χ2v) is 4.89. The zero-order valence-corrected chi connectivity index (χ0v) is 12.7. The lowest BCUT2D eigenvalue weighted by Gasteiger charge is -2.13. The highest BCUT2D eigenvalue weighted by atomic mass is 79.9. The number of rotatable bonds is 5. The molecule has 19 heavy (non-hydrogen) atoms. The average molecular weight is 321 g/mol. The van der Waals surface area contributed by atoms with Crippen molar-refractivity contribution in [2.45, 2.75) is 18.9 Å². The Labute approximate surface area is 122 Å². The second-order valence-electron chi connectivity index (χ2n) is 4.33. The van der Waals surface area contributed by atoms with Gasteiger partial charge in [0.15, 0.2) is 0 Å². The van der Waals surface area contributed by atoms with Crippen LogP contribution in [0.25, 0.3) is 0 Å². The number of hydrogen-bond acceptors (Lipinski definition) is 2. The summed E-state index contributed by atoms with van der Waals surface area (Å²) >= 11 is 3.49. The molecule has 0 fully saturated rings. The maximum absolute atomic E-state index is 5.95. The van der Waals surface area contributed by atoms with Gasteiger partial charge in [0.1, 0.15) is 18.1 Å². The molecule has 0 aliphatic heterocycles. The summed E-state index contributed by atoms with van der Waals surface area (Å²) in [5.74, 6) is 1.83. The van der Waals surface area contributed by atoms with Crippen LogP contribution in [0.3, 0.4) is 0 Å². The van der Waals surface area contributed by atoms with Crippen molar-refractivity contribution in [3.63, 3.8) is 0 Å². The summed E-state index contributed by atoms with van der Waals surface area (Å²) in [6.45, 7) is 2.63. The zero-order chi connectivity index (χ0) is 13.7. The van der Waals surface area contributed by atoms with Gasteiger partial charge in [-0.25, -0.2) is 0 Å². The summed E-state index contributed by atoms with van der Waals surface area (Å²) in [6.07, 6.45) is 0. The standard InChI is InChI=1S/C16H17BrO2/c1-12-4-3-5-14(10-17)16(12)19-11-13-6-8-15(18-2)9-7-13/h3-9H,10-11H2,1-2H3. The highest BCUT2D eigenvalue weighted by molar-refractivity contribution is 9.08. The first-order valence-electron chi connectivity index (χ1n) is 6.14. The minimum absolute atomic E-state index is 0.564. The van der Waals surface area contributed by atoms with Gasteiger partial charge in [-0.1, -0.05) is 46.3 Å². The van der Waals surface area contributed by atoms with E-state index in [-0.39, 0.29) is 0 Å². The molecule has 0 aliphatic rings. The molecule has 0 saturated heterocycles. The van der Waals surface area contributed by atoms with Crippen molar-refractivity contribution in [1.29, 1.82) is 0 Å². The van der Waals surface area contributed by atoms with E-state index in [0.717, 1.165) is 28.0 Å². The molecule has 2 nitrogen and oxygen atoms in total. The Morgan fingerprint density at radius 3 is 2.42 bits per heavy atom. The van der Waals surface area contributed by atoms with E-state index in [9.17, 15) is 0 Å². The van der Waals surface area contributed by atoms with Gasteiger partial charge in [0.25, 0.3) is 0 Å². The number of hydrogen-bond donors (Lipinski definition) is 0. The molecular formula is C16H17BrO2. The SMILES string of the molecule is COc1ccc(COc2c(C)cccc2CBr)cc1. The molecule has 2 aromatic carbocycles. The molecule has 0 radical (unpaired) electrons. The molecule has 100 valence electrons. The van der Waals surface area contributed by atoms with E-state index < -0.39 is 0 Å². The minimum atomic E-state index is 0.564. The highest BCUT2D eigenvalue weighted by Crippen LogP contribution is 2.26. The number of halogens is 1. The lowest BCUT2D eigenvalue weighted by Crippen LogP contribution is -1.99. The second kappa shape index (κ2) is 6.62. The fourth-order valence-corrected chi connectivity index (χ4v) is 2.34. The van der Waals surface area contributed by atoms with Crippen molar-refractivity contribution >= 4 is 15.9 Å². The Morgan fingerprint density at radius 2 is 1.79 bits per heavy atom. The Kier molecular flexibility index (Phi) is 4.86. The molecule has 3 heteroatoms. The Bertz CT molecular complexity index is 535. The summed E-state index contributed by atoms with van der Waals surface area (Å²) < 4.78 is 11.1. The van der Waals surface area contributed by atoms with Gasteiger partial charge in [-0.05, 0) is 30.2 Å². The van der Waals surface area contributed by atoms with Crippen molar-refractivity contribution < 1.29 is 9.47 Å². The minimum Gasteiger partial charge on any atom is -0.497 e. The van der Waals surface area contributed by atoms with E-state index in [4.69, 9.17) is 9.47 Å². The third-order valence-corrected chi connectivity index (χ3v) is 3.58. The van der Waals surface area contributed by atoms with Crippen LogP contribution in [0.5, 0.6) is 11.5 Å². The molecule has 0 heterocycles. The van der Waals surface area contributed by atoms with Crippen LogP contribution in [0, 0.1) is 6.92 Å². The van der Waals surface area contributed by atoms with Crippen molar-refractivity contribution in [2.24, 2.45) is 0 Å². The lowest BCUT2D eigenvalue weighted by molar-refractivity contribution is 0.301. The summed E-state index contributed by atoms with van der Waals surface area (Å²) in [5.41, 5.74) is 3.46. The molecule has 0 saturated carbocycles. The van der Waals surface area contributed by atoms with Crippen LogP contribution >= 0.6 is 15.9 Å². The summed E-state index contributed by atoms with van der Waals surface area (Å²) in [4.78, 5) is 0. The monoisotopic (exact) mass is 320 g/mol. The third kappa shape index (κ3) is 3.51. The van der Waals surface area contributed by atoms with Crippen molar-refractivity contribution in [3.8, 4) is 11.5 Å². The van der Waals surface area contributed by atoms with Crippen LogP contribution in [0.2, 0.25) is 0 Å². The molecular weight excluding hydrogens is 304 g/mol. The quantitative estimate of drug-likeness (QED) is 0.756. The Hall–Kier alpha value is -1.48. The number of methoxy groups -OCH3 is 1. The average Bonchev–Trinajstić information content (AvgIpc) is 2.46. The maximum Gasteiger partial charge on any atom is 0.126 e. The van der Waals surface area contributed by atoms with Crippen LogP contribution in [0.1, 0.15) is 16.7 Å². The molecule has 0 amide bonds. The number of benzene rings is 2. The van der Waals surface area contributed by atoms with Gasteiger partial charge < -0.3 is 9.47 Å². The normalized spacial score (nSPS) is 10.3. The molecule has 0 aromatic heterocycles. The van der Waals surface area contributed by atoms with Gasteiger partial charge in [0, 0.05) is 10.9 Å². The highest BCUT2D eigenvalue weighted by Gasteiger charge is 2.06. The molecule has 2 aromatic rings. The predicted octanol–water partition coefficient (Wildman–Crippen LogP) is 4.48. The molecule has 0 spiro atoms. The summed E-state index contributed by atoms with van der Waals surface area (Å²) in [5, 5.41) is 0.798. The van der Waals surface area contributed by atoms with Crippen LogP contribution in [-0.4, -0.2) is 7.11 Å². The zero-order valence-electron chi connectivity index (χ0n) is 11.2. The maximum atomic E-state index is 5.95. The summed E-state index contributed by atoms with van der Waals surface area (Å²) in [7, 11) is 1.67. The smallest absolute Gasteiger partial charge is 0.126 e. The number of alkyl halides is 1. The van der Waals surface area contributed by atoms with E-state index in [1.54, 1.807) is 7.11 Å². The van der Waals surface area contributed by atoms with E-state index in [2.05, 4.69) is 35.0 Å². The van der Waals surface area contributed by atoms with E-state index in [1.165, 1.54) is 5.56 Å².